The summed E-state index contributed by atoms with van der Waals surface area (Å²) in [7, 11) is 0. The number of fused-ring (bicyclic) bond motifs is 1. The maximum atomic E-state index is 11.7. The third-order valence-corrected chi connectivity index (χ3v) is 5.05. The zero-order valence-corrected chi connectivity index (χ0v) is 14.4. The van der Waals surface area contributed by atoms with E-state index >= 15 is 0 Å². The van der Waals surface area contributed by atoms with E-state index in [4.69, 9.17) is 0 Å². The Morgan fingerprint density at radius 2 is 1.58 bits per heavy atom. The second kappa shape index (κ2) is 6.93. The van der Waals surface area contributed by atoms with Gasteiger partial charge in [-0.2, -0.15) is 0 Å². The van der Waals surface area contributed by atoms with Crippen LogP contribution in [0.4, 0.5) is 0 Å². The van der Waals surface area contributed by atoms with E-state index in [1.54, 1.807) is 6.08 Å². The quantitative estimate of drug-likeness (QED) is 0.493. The summed E-state index contributed by atoms with van der Waals surface area (Å²) in [6.07, 6.45) is 1.77. The standard InChI is InChI=1S/C21H18O2S/c1-14-12-16(15(2)19-11-7-6-10-18(14)19)13-20(21(22)23)24-17-8-4-3-5-9-17/h3-13H,1-2H3,(H,22,23)/b20-13-. The number of carboxylic acids is 1. The van der Waals surface area contributed by atoms with Gasteiger partial charge >= 0.3 is 5.97 Å². The van der Waals surface area contributed by atoms with Crippen LogP contribution in [0.15, 0.2) is 70.5 Å². The molecule has 1 N–H and O–H groups in total. The Bertz CT molecular complexity index is 927. The van der Waals surface area contributed by atoms with Gasteiger partial charge in [0.1, 0.15) is 0 Å². The first-order valence-corrected chi connectivity index (χ1v) is 8.55. The van der Waals surface area contributed by atoms with E-state index < -0.39 is 5.97 Å². The van der Waals surface area contributed by atoms with Crippen LogP contribution in [0.2, 0.25) is 0 Å². The van der Waals surface area contributed by atoms with Crippen LogP contribution in [-0.4, -0.2) is 11.1 Å². The highest BCUT2D eigenvalue weighted by Gasteiger charge is 2.12. The maximum absolute atomic E-state index is 11.7. The average molecular weight is 334 g/mol. The van der Waals surface area contributed by atoms with Gasteiger partial charge in [-0.3, -0.25) is 0 Å². The van der Waals surface area contributed by atoms with Crippen LogP contribution >= 0.6 is 11.8 Å². The highest BCUT2D eigenvalue weighted by Crippen LogP contribution is 2.31. The third kappa shape index (κ3) is 3.36. The van der Waals surface area contributed by atoms with E-state index in [2.05, 4.69) is 25.1 Å². The molecule has 3 heteroatoms. The lowest BCUT2D eigenvalue weighted by atomic mass is 9.96. The second-order valence-electron chi connectivity index (χ2n) is 5.68. The van der Waals surface area contributed by atoms with E-state index in [1.807, 2.05) is 49.4 Å². The molecule has 0 aliphatic heterocycles. The monoisotopic (exact) mass is 334 g/mol. The first-order valence-electron chi connectivity index (χ1n) is 7.73. The van der Waals surface area contributed by atoms with Gasteiger partial charge in [-0.25, -0.2) is 4.79 Å². The number of carboxylic acid groups (broad SMARTS) is 1. The Hall–Kier alpha value is -2.52. The minimum absolute atomic E-state index is 0.319. The molecule has 0 unspecified atom stereocenters. The largest absolute Gasteiger partial charge is 0.477 e. The van der Waals surface area contributed by atoms with Crippen LogP contribution in [0.25, 0.3) is 16.8 Å². The number of aliphatic carboxylic acids is 1. The molecule has 0 heterocycles. The van der Waals surface area contributed by atoms with Crippen molar-refractivity contribution in [3.05, 3.63) is 82.3 Å². The fourth-order valence-electron chi connectivity index (χ4n) is 2.77. The van der Waals surface area contributed by atoms with Gasteiger partial charge < -0.3 is 5.11 Å². The van der Waals surface area contributed by atoms with E-state index in [0.29, 0.717) is 4.91 Å². The zero-order chi connectivity index (χ0) is 17.1. The van der Waals surface area contributed by atoms with Crippen molar-refractivity contribution in [2.75, 3.05) is 0 Å². The van der Waals surface area contributed by atoms with Gasteiger partial charge in [0.25, 0.3) is 0 Å². The summed E-state index contributed by atoms with van der Waals surface area (Å²) in [6.45, 7) is 4.10. The van der Waals surface area contributed by atoms with Gasteiger partial charge in [0, 0.05) is 4.90 Å². The van der Waals surface area contributed by atoms with Crippen LogP contribution < -0.4 is 0 Å². The normalized spacial score (nSPS) is 11.7. The molecule has 3 aromatic rings. The molecule has 0 bridgehead atoms. The Balaban J connectivity index is 2.09. The molecule has 0 saturated carbocycles. The maximum Gasteiger partial charge on any atom is 0.342 e. The van der Waals surface area contributed by atoms with Gasteiger partial charge in [0.15, 0.2) is 0 Å². The van der Waals surface area contributed by atoms with Crippen molar-refractivity contribution in [1.82, 2.24) is 0 Å². The number of aryl methyl sites for hydroxylation is 2. The van der Waals surface area contributed by atoms with Gasteiger partial charge in [-0.05, 0) is 59.5 Å². The fraction of sp³-hybridized carbons (Fsp3) is 0.0952. The fourth-order valence-corrected chi connectivity index (χ4v) is 3.59. The van der Waals surface area contributed by atoms with Crippen LogP contribution in [0, 0.1) is 13.8 Å². The van der Waals surface area contributed by atoms with Gasteiger partial charge in [0.05, 0.1) is 4.91 Å². The van der Waals surface area contributed by atoms with Crippen LogP contribution in [0.5, 0.6) is 0 Å². The minimum Gasteiger partial charge on any atom is -0.477 e. The number of rotatable bonds is 4. The first-order chi connectivity index (χ1) is 11.6. The first kappa shape index (κ1) is 16.3. The smallest absolute Gasteiger partial charge is 0.342 e. The molecule has 0 fully saturated rings. The van der Waals surface area contributed by atoms with Gasteiger partial charge in [0.2, 0.25) is 0 Å². The molecule has 0 aliphatic rings. The minimum atomic E-state index is -0.908. The highest BCUT2D eigenvalue weighted by molar-refractivity contribution is 8.04. The van der Waals surface area contributed by atoms with Crippen molar-refractivity contribution in [2.24, 2.45) is 0 Å². The predicted octanol–water partition coefficient (Wildman–Crippen LogP) is 5.67. The number of hydrogen-bond acceptors (Lipinski definition) is 2. The van der Waals surface area contributed by atoms with E-state index in [1.165, 1.54) is 17.1 Å². The molecule has 0 aromatic heterocycles. The summed E-state index contributed by atoms with van der Waals surface area (Å²) < 4.78 is 0. The number of hydrogen-bond donors (Lipinski definition) is 1. The van der Waals surface area contributed by atoms with Crippen LogP contribution in [-0.2, 0) is 4.79 Å². The van der Waals surface area contributed by atoms with Gasteiger partial charge in [-0.1, -0.05) is 60.3 Å². The van der Waals surface area contributed by atoms with Crippen LogP contribution in [0.3, 0.4) is 0 Å². The second-order valence-corrected chi connectivity index (χ2v) is 6.80. The molecule has 0 saturated heterocycles. The summed E-state index contributed by atoms with van der Waals surface area (Å²) in [5.41, 5.74) is 3.20. The van der Waals surface area contributed by atoms with Gasteiger partial charge in [-0.15, -0.1) is 0 Å². The lowest BCUT2D eigenvalue weighted by Gasteiger charge is -2.11. The Morgan fingerprint density at radius 1 is 0.958 bits per heavy atom. The van der Waals surface area contributed by atoms with Crippen molar-refractivity contribution in [3.8, 4) is 0 Å². The van der Waals surface area contributed by atoms with Crippen molar-refractivity contribution in [1.29, 1.82) is 0 Å². The summed E-state index contributed by atoms with van der Waals surface area (Å²) in [5, 5.41) is 12.0. The Labute approximate surface area is 145 Å². The molecule has 2 nitrogen and oxygen atoms in total. The Kier molecular flexibility index (Phi) is 4.72. The summed E-state index contributed by atoms with van der Waals surface area (Å²) in [5.74, 6) is -0.908. The molecule has 0 spiro atoms. The molecule has 3 aromatic carbocycles. The molecule has 0 atom stereocenters. The molecular formula is C21H18O2S. The zero-order valence-electron chi connectivity index (χ0n) is 13.6. The molecule has 0 radical (unpaired) electrons. The molecular weight excluding hydrogens is 316 g/mol. The van der Waals surface area contributed by atoms with Crippen molar-refractivity contribution >= 4 is 34.6 Å². The average Bonchev–Trinajstić information content (AvgIpc) is 2.59. The molecule has 24 heavy (non-hydrogen) atoms. The molecule has 0 amide bonds. The predicted molar refractivity (Wildman–Crippen MR) is 101 cm³/mol. The van der Waals surface area contributed by atoms with E-state index in [9.17, 15) is 9.90 Å². The van der Waals surface area contributed by atoms with Crippen molar-refractivity contribution < 1.29 is 9.90 Å². The lowest BCUT2D eigenvalue weighted by molar-refractivity contribution is -0.131. The lowest BCUT2D eigenvalue weighted by Crippen LogP contribution is -1.98. The number of benzene rings is 3. The summed E-state index contributed by atoms with van der Waals surface area (Å²) >= 11 is 1.27. The molecule has 120 valence electrons. The van der Waals surface area contributed by atoms with E-state index in [0.717, 1.165) is 27.0 Å². The number of thioether (sulfide) groups is 1. The SMILES string of the molecule is Cc1cc(/C=C(\Sc2ccccc2)C(=O)O)c(C)c2ccccc12. The van der Waals surface area contributed by atoms with Crippen molar-refractivity contribution in [2.45, 2.75) is 18.7 Å². The Morgan fingerprint density at radius 3 is 2.25 bits per heavy atom. The summed E-state index contributed by atoms with van der Waals surface area (Å²) in [6, 6.07) is 19.9. The molecule has 0 aliphatic carbocycles. The topological polar surface area (TPSA) is 37.3 Å². The third-order valence-electron chi connectivity index (χ3n) is 4.03. The highest BCUT2D eigenvalue weighted by atomic mass is 32.2. The van der Waals surface area contributed by atoms with E-state index in [-0.39, 0.29) is 0 Å². The summed E-state index contributed by atoms with van der Waals surface area (Å²) in [4.78, 5) is 12.9. The van der Waals surface area contributed by atoms with Crippen LogP contribution in [0.1, 0.15) is 16.7 Å². The molecule has 3 rings (SSSR count). The van der Waals surface area contributed by atoms with Crippen molar-refractivity contribution in [3.63, 3.8) is 0 Å². The number of carbonyl (C=O) groups is 1.